The first kappa shape index (κ1) is 21.0. The van der Waals surface area contributed by atoms with Gasteiger partial charge in [-0.25, -0.2) is 4.79 Å². The smallest absolute Gasteiger partial charge is 0.348 e. The molecule has 0 radical (unpaired) electrons. The van der Waals surface area contributed by atoms with E-state index in [0.29, 0.717) is 5.69 Å². The van der Waals surface area contributed by atoms with E-state index >= 15 is 0 Å². The number of nitrogens with one attached hydrogen (secondary N) is 2. The molecule has 154 valence electrons. The van der Waals surface area contributed by atoms with Crippen molar-refractivity contribution in [2.45, 2.75) is 29.8 Å². The summed E-state index contributed by atoms with van der Waals surface area (Å²) in [5.41, 5.74) is -3.19. The Hall–Kier alpha value is -2.68. The molecule has 1 heterocycles. The number of urea groups is 1. The first-order chi connectivity index (χ1) is 13.8. The molecule has 1 aliphatic rings. The number of anilines is 1. The Balaban J connectivity index is 1.61. The van der Waals surface area contributed by atoms with Gasteiger partial charge in [0.15, 0.2) is 0 Å². The molecule has 1 fully saturated rings. The van der Waals surface area contributed by atoms with Crippen molar-refractivity contribution in [2.24, 2.45) is 0 Å². The quantitative estimate of drug-likeness (QED) is 0.676. The summed E-state index contributed by atoms with van der Waals surface area (Å²) in [6, 6.07) is 12.4. The molecule has 2 aromatic rings. The van der Waals surface area contributed by atoms with Crippen molar-refractivity contribution in [1.29, 1.82) is 0 Å². The zero-order chi connectivity index (χ0) is 20.9. The van der Waals surface area contributed by atoms with Gasteiger partial charge in [-0.15, -0.1) is 0 Å². The SMILES string of the molecule is O=C(NCc1cccc(NC(=O)N2CCCC2)c1)c1ccccc1SC(F)(F)F. The highest BCUT2D eigenvalue weighted by molar-refractivity contribution is 8.00. The van der Waals surface area contributed by atoms with Gasteiger partial charge in [-0.2, -0.15) is 13.2 Å². The highest BCUT2D eigenvalue weighted by Gasteiger charge is 2.31. The Labute approximate surface area is 170 Å². The second-order valence-corrected chi connectivity index (χ2v) is 7.66. The van der Waals surface area contributed by atoms with Crippen molar-refractivity contribution in [1.82, 2.24) is 10.2 Å². The van der Waals surface area contributed by atoms with E-state index in [2.05, 4.69) is 10.6 Å². The molecule has 5 nitrogen and oxygen atoms in total. The van der Waals surface area contributed by atoms with Crippen LogP contribution in [0.1, 0.15) is 28.8 Å². The van der Waals surface area contributed by atoms with Crippen molar-refractivity contribution >= 4 is 29.4 Å². The lowest BCUT2D eigenvalue weighted by molar-refractivity contribution is -0.0328. The first-order valence-electron chi connectivity index (χ1n) is 9.10. The van der Waals surface area contributed by atoms with Crippen LogP contribution in [0.4, 0.5) is 23.7 Å². The minimum Gasteiger partial charge on any atom is -0.348 e. The van der Waals surface area contributed by atoms with Crippen molar-refractivity contribution in [2.75, 3.05) is 18.4 Å². The Kier molecular flexibility index (Phi) is 6.68. The monoisotopic (exact) mass is 423 g/mol. The number of hydrogen-bond donors (Lipinski definition) is 2. The Bertz CT molecular complexity index is 883. The number of likely N-dealkylation sites (tertiary alicyclic amines) is 1. The van der Waals surface area contributed by atoms with Gasteiger partial charge in [-0.1, -0.05) is 24.3 Å². The van der Waals surface area contributed by atoms with Crippen LogP contribution in [0.5, 0.6) is 0 Å². The summed E-state index contributed by atoms with van der Waals surface area (Å²) >= 11 is -0.314. The van der Waals surface area contributed by atoms with E-state index in [1.807, 2.05) is 0 Å². The molecule has 9 heteroatoms. The number of carbonyl (C=O) groups is 2. The normalized spacial score (nSPS) is 14.0. The lowest BCUT2D eigenvalue weighted by atomic mass is 10.1. The van der Waals surface area contributed by atoms with Crippen LogP contribution >= 0.6 is 11.8 Å². The maximum atomic E-state index is 12.7. The number of nitrogens with zero attached hydrogens (tertiary/aromatic N) is 1. The highest BCUT2D eigenvalue weighted by atomic mass is 32.2. The molecule has 0 saturated carbocycles. The second kappa shape index (κ2) is 9.21. The highest BCUT2D eigenvalue weighted by Crippen LogP contribution is 2.38. The number of rotatable bonds is 5. The number of amides is 3. The Morgan fingerprint density at radius 3 is 2.48 bits per heavy atom. The number of hydrogen-bond acceptors (Lipinski definition) is 3. The average Bonchev–Trinajstić information content (AvgIpc) is 3.20. The molecule has 1 aliphatic heterocycles. The van der Waals surface area contributed by atoms with Gasteiger partial charge in [0, 0.05) is 30.2 Å². The number of alkyl halides is 3. The summed E-state index contributed by atoms with van der Waals surface area (Å²) in [6.07, 6.45) is 1.99. The molecule has 1 saturated heterocycles. The number of thioether (sulfide) groups is 1. The van der Waals surface area contributed by atoms with Crippen LogP contribution in [-0.4, -0.2) is 35.4 Å². The van der Waals surface area contributed by atoms with Crippen molar-refractivity contribution in [3.05, 3.63) is 59.7 Å². The van der Waals surface area contributed by atoms with Crippen molar-refractivity contribution in [3.63, 3.8) is 0 Å². The molecule has 0 unspecified atom stereocenters. The third-order valence-corrected chi connectivity index (χ3v) is 5.19. The van der Waals surface area contributed by atoms with Gasteiger partial charge in [-0.05, 0) is 54.4 Å². The zero-order valence-electron chi connectivity index (χ0n) is 15.5. The zero-order valence-corrected chi connectivity index (χ0v) is 16.3. The van der Waals surface area contributed by atoms with E-state index < -0.39 is 11.4 Å². The van der Waals surface area contributed by atoms with Crippen LogP contribution in [0, 0.1) is 0 Å². The standard InChI is InChI=1S/C20H20F3N3O2S/c21-20(22,23)29-17-9-2-1-8-16(17)18(27)24-13-14-6-5-7-15(12-14)25-19(28)26-10-3-4-11-26/h1-2,5-9,12H,3-4,10-11,13H2,(H,24,27)(H,25,28). The van der Waals surface area contributed by atoms with Crippen molar-refractivity contribution in [3.8, 4) is 0 Å². The van der Waals surface area contributed by atoms with Gasteiger partial charge in [-0.3, -0.25) is 4.79 Å². The molecule has 0 atom stereocenters. The largest absolute Gasteiger partial charge is 0.446 e. The summed E-state index contributed by atoms with van der Waals surface area (Å²) in [7, 11) is 0. The predicted molar refractivity (Wildman–Crippen MR) is 106 cm³/mol. The Morgan fingerprint density at radius 1 is 1.03 bits per heavy atom. The minimum atomic E-state index is -4.47. The topological polar surface area (TPSA) is 61.4 Å². The molecule has 0 bridgehead atoms. The summed E-state index contributed by atoms with van der Waals surface area (Å²) in [6.45, 7) is 1.59. The van der Waals surface area contributed by atoms with E-state index in [4.69, 9.17) is 0 Å². The fourth-order valence-corrected chi connectivity index (χ4v) is 3.69. The number of halogens is 3. The van der Waals surface area contributed by atoms with Crippen LogP contribution < -0.4 is 10.6 Å². The lowest BCUT2D eigenvalue weighted by Crippen LogP contribution is -2.32. The van der Waals surface area contributed by atoms with Crippen LogP contribution in [0.25, 0.3) is 0 Å². The second-order valence-electron chi connectivity index (χ2n) is 6.55. The summed E-state index contributed by atoms with van der Waals surface area (Å²) in [5, 5.41) is 5.46. The predicted octanol–water partition coefficient (Wildman–Crippen LogP) is 4.86. The van der Waals surface area contributed by atoms with Gasteiger partial charge in [0.1, 0.15) is 0 Å². The van der Waals surface area contributed by atoms with Gasteiger partial charge in [0.05, 0.1) is 5.56 Å². The van der Waals surface area contributed by atoms with E-state index in [0.717, 1.165) is 31.5 Å². The van der Waals surface area contributed by atoms with Gasteiger partial charge in [0.2, 0.25) is 0 Å². The molecule has 0 spiro atoms. The first-order valence-corrected chi connectivity index (χ1v) is 9.91. The van der Waals surface area contributed by atoms with Crippen LogP contribution in [-0.2, 0) is 6.54 Å². The minimum absolute atomic E-state index is 0.0340. The molecular weight excluding hydrogens is 403 g/mol. The van der Waals surface area contributed by atoms with Crippen LogP contribution in [0.15, 0.2) is 53.4 Å². The van der Waals surface area contributed by atoms with E-state index in [1.165, 1.54) is 24.3 Å². The van der Waals surface area contributed by atoms with Crippen LogP contribution in [0.3, 0.4) is 0 Å². The summed E-state index contributed by atoms with van der Waals surface area (Å²) < 4.78 is 38.1. The van der Waals surface area contributed by atoms with Crippen molar-refractivity contribution < 1.29 is 22.8 Å². The third-order valence-electron chi connectivity index (χ3n) is 4.38. The molecular formula is C20H20F3N3O2S. The maximum Gasteiger partial charge on any atom is 0.446 e. The summed E-state index contributed by atoms with van der Waals surface area (Å²) in [5.74, 6) is -0.594. The average molecular weight is 423 g/mol. The van der Waals surface area contributed by atoms with Gasteiger partial charge >= 0.3 is 11.5 Å². The van der Waals surface area contributed by atoms with Gasteiger partial charge < -0.3 is 15.5 Å². The lowest BCUT2D eigenvalue weighted by Gasteiger charge is -2.16. The van der Waals surface area contributed by atoms with Gasteiger partial charge in [0.25, 0.3) is 5.91 Å². The van der Waals surface area contributed by atoms with Crippen LogP contribution in [0.2, 0.25) is 0 Å². The Morgan fingerprint density at radius 2 is 1.76 bits per heavy atom. The van der Waals surface area contributed by atoms with E-state index in [9.17, 15) is 22.8 Å². The third kappa shape index (κ3) is 6.15. The fraction of sp³-hybridized carbons (Fsp3) is 0.300. The fourth-order valence-electron chi connectivity index (χ4n) is 3.03. The molecule has 3 amide bonds. The maximum absolute atomic E-state index is 12.7. The molecule has 0 aliphatic carbocycles. The number of carbonyl (C=O) groups excluding carboxylic acids is 2. The number of benzene rings is 2. The molecule has 3 rings (SSSR count). The van der Waals surface area contributed by atoms with E-state index in [1.54, 1.807) is 29.2 Å². The molecule has 2 aromatic carbocycles. The molecule has 0 aromatic heterocycles. The van der Waals surface area contributed by atoms with E-state index in [-0.39, 0.29) is 34.8 Å². The summed E-state index contributed by atoms with van der Waals surface area (Å²) in [4.78, 5) is 26.2. The molecule has 2 N–H and O–H groups in total. The molecule has 29 heavy (non-hydrogen) atoms.